The maximum atomic E-state index is 12.1. The molecule has 1 aromatic heterocycles. The molecule has 0 spiro atoms. The molecule has 0 amide bonds. The minimum atomic E-state index is -0.0408. The molecule has 1 N–H and O–H groups in total. The summed E-state index contributed by atoms with van der Waals surface area (Å²) in [7, 11) is 0. The van der Waals surface area contributed by atoms with Gasteiger partial charge in [0, 0.05) is 5.41 Å². The minimum absolute atomic E-state index is 0. The Morgan fingerprint density at radius 2 is 2.16 bits per heavy atom. The first kappa shape index (κ1) is 16.5. The van der Waals surface area contributed by atoms with Crippen molar-refractivity contribution in [2.45, 2.75) is 57.9 Å². The Morgan fingerprint density at radius 3 is 2.68 bits per heavy atom. The molecule has 4 nitrogen and oxygen atoms in total. The fraction of sp³-hybridized carbons (Fsp3) is 0.769. The number of Topliss-reactive ketones (excluding diaryl/α,β-unsaturated/α-hetero) is 1. The molecule has 2 rings (SSSR count). The average Bonchev–Trinajstić information content (AvgIpc) is 2.78. The normalized spacial score (nSPS) is 19.8. The Morgan fingerprint density at radius 1 is 1.42 bits per heavy atom. The van der Waals surface area contributed by atoms with Crippen LogP contribution in [0, 0.1) is 0 Å². The summed E-state index contributed by atoms with van der Waals surface area (Å²) < 4.78 is 4.34. The second kappa shape index (κ2) is 6.77. The number of piperidine rings is 1. The highest BCUT2D eigenvalue weighted by molar-refractivity contribution is 7.05. The van der Waals surface area contributed by atoms with Crippen LogP contribution in [0.25, 0.3) is 0 Å². The lowest BCUT2D eigenvalue weighted by molar-refractivity contribution is -0.120. The van der Waals surface area contributed by atoms with Crippen molar-refractivity contribution < 1.29 is 4.79 Å². The number of hydrogen-bond donors (Lipinski definition) is 1. The van der Waals surface area contributed by atoms with Crippen LogP contribution >= 0.6 is 23.9 Å². The predicted octanol–water partition coefficient (Wildman–Crippen LogP) is 2.51. The zero-order valence-electron chi connectivity index (χ0n) is 11.7. The summed E-state index contributed by atoms with van der Waals surface area (Å²) in [6.07, 6.45) is 3.71. The number of hydrogen-bond acceptors (Lipinski definition) is 5. The zero-order chi connectivity index (χ0) is 13.2. The molecule has 108 valence electrons. The van der Waals surface area contributed by atoms with E-state index in [1.807, 2.05) is 0 Å². The van der Waals surface area contributed by atoms with Gasteiger partial charge in [0.2, 0.25) is 0 Å². The smallest absolute Gasteiger partial charge is 0.156 e. The van der Waals surface area contributed by atoms with Crippen molar-refractivity contribution in [1.82, 2.24) is 14.7 Å². The van der Waals surface area contributed by atoms with Gasteiger partial charge in [-0.3, -0.25) is 4.79 Å². The largest absolute Gasteiger partial charge is 0.307 e. The standard InChI is InChI=1S/C13H21N3OS.ClH/c1-13(2,3)12-15-11(18-16-12)8-10(17)9-6-4-5-7-14-9;/h9,14H,4-8H2,1-3H3;1H/t9-;/m0./s1. The molecule has 19 heavy (non-hydrogen) atoms. The summed E-state index contributed by atoms with van der Waals surface area (Å²) in [5.41, 5.74) is -0.0408. The average molecular weight is 304 g/mol. The predicted molar refractivity (Wildman–Crippen MR) is 80.2 cm³/mol. The van der Waals surface area contributed by atoms with Gasteiger partial charge >= 0.3 is 0 Å². The van der Waals surface area contributed by atoms with Crippen LogP contribution in [0.4, 0.5) is 0 Å². The number of ketones is 1. The number of carbonyl (C=O) groups is 1. The topological polar surface area (TPSA) is 54.9 Å². The summed E-state index contributed by atoms with van der Waals surface area (Å²) in [6.45, 7) is 7.22. The van der Waals surface area contributed by atoms with Gasteiger partial charge in [-0.15, -0.1) is 12.4 Å². The number of rotatable bonds is 3. The van der Waals surface area contributed by atoms with Crippen LogP contribution in [0.2, 0.25) is 0 Å². The molecular weight excluding hydrogens is 282 g/mol. The van der Waals surface area contributed by atoms with Crippen LogP contribution in [-0.2, 0) is 16.6 Å². The molecule has 1 fully saturated rings. The van der Waals surface area contributed by atoms with Gasteiger partial charge in [0.05, 0.1) is 12.5 Å². The third kappa shape index (κ3) is 4.51. The quantitative estimate of drug-likeness (QED) is 0.932. The number of halogens is 1. The molecule has 6 heteroatoms. The van der Waals surface area contributed by atoms with Crippen LogP contribution < -0.4 is 5.32 Å². The van der Waals surface area contributed by atoms with Crippen molar-refractivity contribution in [2.75, 3.05) is 6.54 Å². The zero-order valence-corrected chi connectivity index (χ0v) is 13.4. The number of nitrogens with zero attached hydrogens (tertiary/aromatic N) is 2. The Hall–Kier alpha value is -0.520. The third-order valence-electron chi connectivity index (χ3n) is 3.16. The first-order valence-corrected chi connectivity index (χ1v) is 7.33. The summed E-state index contributed by atoms with van der Waals surface area (Å²) in [5, 5.41) is 4.13. The molecule has 1 aliphatic rings. The Labute approximate surface area is 125 Å². The molecule has 1 atom stereocenters. The Kier molecular flexibility index (Phi) is 5.89. The van der Waals surface area contributed by atoms with E-state index in [-0.39, 0.29) is 29.6 Å². The van der Waals surface area contributed by atoms with Gasteiger partial charge in [0.25, 0.3) is 0 Å². The summed E-state index contributed by atoms with van der Waals surface area (Å²) in [5.74, 6) is 1.10. The number of nitrogens with one attached hydrogen (secondary N) is 1. The molecule has 1 aromatic rings. The lowest BCUT2D eigenvalue weighted by Gasteiger charge is -2.21. The van der Waals surface area contributed by atoms with Gasteiger partial charge in [-0.2, -0.15) is 4.37 Å². The van der Waals surface area contributed by atoms with E-state index in [9.17, 15) is 4.79 Å². The summed E-state index contributed by atoms with van der Waals surface area (Å²) in [6, 6.07) is 0.0285. The summed E-state index contributed by atoms with van der Waals surface area (Å²) in [4.78, 5) is 16.6. The van der Waals surface area contributed by atoms with E-state index < -0.39 is 0 Å². The molecule has 1 saturated heterocycles. The van der Waals surface area contributed by atoms with Crippen molar-refractivity contribution in [2.24, 2.45) is 0 Å². The second-order valence-corrected chi connectivity index (χ2v) is 6.74. The molecular formula is C13H22ClN3OS. The van der Waals surface area contributed by atoms with Crippen molar-refractivity contribution in [1.29, 1.82) is 0 Å². The Balaban J connectivity index is 0.00000180. The van der Waals surface area contributed by atoms with E-state index in [2.05, 4.69) is 35.4 Å². The molecule has 1 aliphatic heterocycles. The van der Waals surface area contributed by atoms with Crippen LogP contribution in [0.15, 0.2) is 0 Å². The van der Waals surface area contributed by atoms with E-state index >= 15 is 0 Å². The van der Waals surface area contributed by atoms with Crippen LogP contribution in [-0.4, -0.2) is 27.7 Å². The van der Waals surface area contributed by atoms with Gasteiger partial charge in [-0.05, 0) is 30.9 Å². The van der Waals surface area contributed by atoms with Gasteiger partial charge < -0.3 is 5.32 Å². The summed E-state index contributed by atoms with van der Waals surface area (Å²) >= 11 is 1.36. The van der Waals surface area contributed by atoms with Gasteiger partial charge in [-0.1, -0.05) is 27.2 Å². The maximum absolute atomic E-state index is 12.1. The molecule has 0 bridgehead atoms. The first-order valence-electron chi connectivity index (χ1n) is 6.56. The molecule has 0 aromatic carbocycles. The fourth-order valence-corrected chi connectivity index (χ4v) is 2.87. The van der Waals surface area contributed by atoms with E-state index in [1.165, 1.54) is 18.0 Å². The van der Waals surface area contributed by atoms with Crippen molar-refractivity contribution >= 4 is 29.7 Å². The van der Waals surface area contributed by atoms with E-state index in [1.54, 1.807) is 0 Å². The molecule has 0 radical (unpaired) electrons. The van der Waals surface area contributed by atoms with Crippen molar-refractivity contribution in [3.8, 4) is 0 Å². The van der Waals surface area contributed by atoms with Gasteiger partial charge in [0.15, 0.2) is 5.78 Å². The SMILES string of the molecule is CC(C)(C)c1nsc(CC(=O)[C@@H]2CCCCN2)n1.Cl. The molecule has 2 heterocycles. The Bertz CT molecular complexity index is 422. The number of aromatic nitrogens is 2. The van der Waals surface area contributed by atoms with Crippen molar-refractivity contribution in [3.63, 3.8) is 0 Å². The van der Waals surface area contributed by atoms with Crippen LogP contribution in [0.5, 0.6) is 0 Å². The second-order valence-electron chi connectivity index (χ2n) is 5.91. The third-order valence-corrected chi connectivity index (χ3v) is 3.87. The first-order chi connectivity index (χ1) is 8.47. The molecule has 0 aliphatic carbocycles. The lowest BCUT2D eigenvalue weighted by atomic mass is 9.96. The van der Waals surface area contributed by atoms with E-state index in [4.69, 9.17) is 0 Å². The van der Waals surface area contributed by atoms with Crippen LogP contribution in [0.3, 0.4) is 0 Å². The van der Waals surface area contributed by atoms with E-state index in [0.29, 0.717) is 6.42 Å². The van der Waals surface area contributed by atoms with E-state index in [0.717, 1.165) is 30.2 Å². The minimum Gasteiger partial charge on any atom is -0.307 e. The van der Waals surface area contributed by atoms with Crippen molar-refractivity contribution in [3.05, 3.63) is 10.8 Å². The van der Waals surface area contributed by atoms with Crippen LogP contribution in [0.1, 0.15) is 50.9 Å². The highest BCUT2D eigenvalue weighted by Crippen LogP contribution is 2.21. The highest BCUT2D eigenvalue weighted by atomic mass is 35.5. The number of carbonyl (C=O) groups excluding carboxylic acids is 1. The van der Waals surface area contributed by atoms with Gasteiger partial charge in [0.1, 0.15) is 10.8 Å². The van der Waals surface area contributed by atoms with Gasteiger partial charge in [-0.25, -0.2) is 4.98 Å². The molecule has 0 unspecified atom stereocenters. The lowest BCUT2D eigenvalue weighted by Crippen LogP contribution is -2.41. The fourth-order valence-electron chi connectivity index (χ4n) is 2.03. The maximum Gasteiger partial charge on any atom is 0.156 e. The molecule has 0 saturated carbocycles. The monoisotopic (exact) mass is 303 g/mol. The highest BCUT2D eigenvalue weighted by Gasteiger charge is 2.24.